The molecule has 2 atom stereocenters. The van der Waals surface area contributed by atoms with Gasteiger partial charge in [0.2, 0.25) is 0 Å². The minimum Gasteiger partial charge on any atom is -0.292 e. The van der Waals surface area contributed by atoms with Gasteiger partial charge in [0.1, 0.15) is 5.82 Å². The first-order valence-corrected chi connectivity index (χ1v) is 18.1. The maximum absolute atomic E-state index is 5.24. The summed E-state index contributed by atoms with van der Waals surface area (Å²) in [6, 6.07) is 61.5. The number of fused-ring (bicyclic) bond motifs is 4. The highest BCUT2D eigenvalue weighted by Crippen LogP contribution is 2.57. The number of hydrogen-bond donors (Lipinski definition) is 0. The average Bonchev–Trinajstić information content (AvgIpc) is 3.59. The van der Waals surface area contributed by atoms with Gasteiger partial charge in [-0.2, -0.15) is 0 Å². The van der Waals surface area contributed by atoms with Crippen LogP contribution in [0.5, 0.6) is 0 Å². The number of nitrogens with zero attached hydrogens (tertiary/aromatic N) is 2. The Bertz CT molecular complexity index is 2740. The van der Waals surface area contributed by atoms with E-state index in [1.807, 2.05) is 0 Å². The molecule has 0 fully saturated rings. The third-order valence-electron chi connectivity index (χ3n) is 11.1. The van der Waals surface area contributed by atoms with Crippen molar-refractivity contribution in [3.63, 3.8) is 0 Å². The molecule has 0 saturated carbocycles. The molecule has 2 aliphatic rings. The van der Waals surface area contributed by atoms with Crippen LogP contribution in [0.15, 0.2) is 200 Å². The first-order chi connectivity index (χ1) is 25.7. The lowest BCUT2D eigenvalue weighted by Crippen LogP contribution is -2.32. The van der Waals surface area contributed by atoms with E-state index in [0.717, 1.165) is 28.1 Å². The monoisotopic (exact) mass is 664 g/mol. The van der Waals surface area contributed by atoms with Gasteiger partial charge in [-0.1, -0.05) is 177 Å². The summed E-state index contributed by atoms with van der Waals surface area (Å²) in [6.45, 7) is 2.42. The van der Waals surface area contributed by atoms with Crippen molar-refractivity contribution in [3.05, 3.63) is 222 Å². The second-order valence-corrected chi connectivity index (χ2v) is 14.1. The molecule has 1 aromatic heterocycles. The number of para-hydroxylation sites is 2. The normalized spacial score (nSPS) is 17.8. The summed E-state index contributed by atoms with van der Waals surface area (Å²) in [5.41, 5.74) is 14.2. The smallest absolute Gasteiger partial charge is 0.146 e. The number of allylic oxidation sites excluding steroid dienone is 5. The molecule has 10 rings (SSSR count). The van der Waals surface area contributed by atoms with Crippen molar-refractivity contribution in [3.8, 4) is 28.2 Å². The molecule has 2 heteroatoms. The zero-order valence-corrected chi connectivity index (χ0v) is 28.9. The van der Waals surface area contributed by atoms with E-state index in [4.69, 9.17) is 4.98 Å². The van der Waals surface area contributed by atoms with Gasteiger partial charge in [-0.05, 0) is 79.6 Å². The molecule has 2 unspecified atom stereocenters. The number of aromatic nitrogens is 2. The van der Waals surface area contributed by atoms with Crippen LogP contribution >= 0.6 is 0 Å². The molecule has 0 amide bonds. The number of hydrogen-bond acceptors (Lipinski definition) is 1. The predicted octanol–water partition coefficient (Wildman–Crippen LogP) is 12.6. The largest absolute Gasteiger partial charge is 0.292 e. The van der Waals surface area contributed by atoms with Gasteiger partial charge in [-0.3, -0.25) is 4.57 Å². The van der Waals surface area contributed by atoms with Gasteiger partial charge in [0.05, 0.1) is 11.0 Å². The van der Waals surface area contributed by atoms with E-state index in [1.54, 1.807) is 0 Å². The molecule has 0 N–H and O–H groups in total. The lowest BCUT2D eigenvalue weighted by atomic mass is 9.58. The van der Waals surface area contributed by atoms with Crippen molar-refractivity contribution in [1.29, 1.82) is 0 Å². The van der Waals surface area contributed by atoms with Crippen LogP contribution in [-0.4, -0.2) is 9.55 Å². The molecule has 2 nitrogen and oxygen atoms in total. The number of imidazole rings is 1. The maximum Gasteiger partial charge on any atom is 0.146 e. The Labute approximate surface area is 304 Å². The van der Waals surface area contributed by atoms with Gasteiger partial charge < -0.3 is 0 Å². The lowest BCUT2D eigenvalue weighted by Gasteiger charge is -2.45. The summed E-state index contributed by atoms with van der Waals surface area (Å²) >= 11 is 0. The molecule has 2 aliphatic carbocycles. The van der Waals surface area contributed by atoms with Gasteiger partial charge in [0.25, 0.3) is 0 Å². The van der Waals surface area contributed by atoms with Crippen molar-refractivity contribution < 1.29 is 0 Å². The molecule has 246 valence electrons. The fraction of sp³-hybridized carbons (Fsp3) is 0.0600. The SMILES string of the molecule is CC12C=CC=CC1=C(c1ccc(-n3c(-c4ccccc4-c4ccccc4)nc4ccccc43)cc1)c1ccccc1C2c1ccc2ccccc2c1. The third-order valence-corrected chi connectivity index (χ3v) is 11.1. The second kappa shape index (κ2) is 12.1. The first kappa shape index (κ1) is 30.3. The molecule has 0 bridgehead atoms. The van der Waals surface area contributed by atoms with E-state index in [2.05, 4.69) is 206 Å². The Kier molecular flexibility index (Phi) is 7.04. The van der Waals surface area contributed by atoms with Crippen LogP contribution in [0.1, 0.15) is 35.1 Å². The summed E-state index contributed by atoms with van der Waals surface area (Å²) in [4.78, 5) is 5.24. The molecule has 0 aliphatic heterocycles. The van der Waals surface area contributed by atoms with Crippen LogP contribution in [0.3, 0.4) is 0 Å². The highest BCUT2D eigenvalue weighted by Gasteiger charge is 2.44. The summed E-state index contributed by atoms with van der Waals surface area (Å²) in [6.07, 6.45) is 9.19. The Balaban J connectivity index is 1.13. The van der Waals surface area contributed by atoms with Crippen molar-refractivity contribution in [2.24, 2.45) is 5.41 Å². The number of benzene rings is 7. The summed E-state index contributed by atoms with van der Waals surface area (Å²) in [5, 5.41) is 2.55. The molecular weight excluding hydrogens is 629 g/mol. The molecule has 7 aromatic carbocycles. The van der Waals surface area contributed by atoms with Crippen molar-refractivity contribution in [2.45, 2.75) is 12.8 Å². The third kappa shape index (κ3) is 4.76. The van der Waals surface area contributed by atoms with Crippen LogP contribution in [0.2, 0.25) is 0 Å². The molecular formula is C50H36N2. The van der Waals surface area contributed by atoms with Gasteiger partial charge in [0, 0.05) is 22.6 Å². The zero-order chi connectivity index (χ0) is 34.6. The van der Waals surface area contributed by atoms with E-state index in [1.165, 1.54) is 55.3 Å². The van der Waals surface area contributed by atoms with Crippen LogP contribution in [0, 0.1) is 5.41 Å². The van der Waals surface area contributed by atoms with Gasteiger partial charge in [-0.15, -0.1) is 0 Å². The highest BCUT2D eigenvalue weighted by molar-refractivity contribution is 5.92. The highest BCUT2D eigenvalue weighted by atomic mass is 15.1. The van der Waals surface area contributed by atoms with Gasteiger partial charge >= 0.3 is 0 Å². The quantitative estimate of drug-likeness (QED) is 0.179. The standard InChI is InChI=1S/C50H36N2/c1-50-32-14-13-23-44(50)47(41-20-8-9-21-42(41)48(50)38-27-26-34-15-5-6-18-37(34)33-38)36-28-30-39(31-29-36)52-46-25-12-11-24-45(46)51-49(52)43-22-10-7-19-40(43)35-16-3-2-4-17-35/h2-33,48H,1H3. The molecule has 1 heterocycles. The molecule has 0 spiro atoms. The Morgan fingerprint density at radius 1 is 0.558 bits per heavy atom. The van der Waals surface area contributed by atoms with Crippen LogP contribution in [-0.2, 0) is 0 Å². The van der Waals surface area contributed by atoms with E-state index in [0.29, 0.717) is 0 Å². The first-order valence-electron chi connectivity index (χ1n) is 18.1. The van der Waals surface area contributed by atoms with Crippen LogP contribution in [0.4, 0.5) is 0 Å². The summed E-state index contributed by atoms with van der Waals surface area (Å²) < 4.78 is 2.32. The van der Waals surface area contributed by atoms with E-state index in [-0.39, 0.29) is 11.3 Å². The Hall–Kier alpha value is -6.51. The average molecular weight is 665 g/mol. The second-order valence-electron chi connectivity index (χ2n) is 14.1. The lowest BCUT2D eigenvalue weighted by molar-refractivity contribution is 0.449. The van der Waals surface area contributed by atoms with Crippen LogP contribution < -0.4 is 0 Å². The van der Waals surface area contributed by atoms with Gasteiger partial charge in [0.15, 0.2) is 0 Å². The minimum atomic E-state index is -0.228. The Morgan fingerprint density at radius 3 is 2.10 bits per heavy atom. The van der Waals surface area contributed by atoms with E-state index < -0.39 is 0 Å². The molecule has 8 aromatic rings. The van der Waals surface area contributed by atoms with Gasteiger partial charge in [-0.25, -0.2) is 4.98 Å². The fourth-order valence-electron chi connectivity index (χ4n) is 8.74. The van der Waals surface area contributed by atoms with Crippen molar-refractivity contribution >= 4 is 27.4 Å². The molecule has 0 saturated heterocycles. The molecule has 0 radical (unpaired) electrons. The fourth-order valence-corrected chi connectivity index (χ4v) is 8.74. The topological polar surface area (TPSA) is 17.8 Å². The van der Waals surface area contributed by atoms with E-state index >= 15 is 0 Å². The summed E-state index contributed by atoms with van der Waals surface area (Å²) in [5.74, 6) is 1.11. The molecule has 52 heavy (non-hydrogen) atoms. The van der Waals surface area contributed by atoms with Crippen molar-refractivity contribution in [1.82, 2.24) is 9.55 Å². The maximum atomic E-state index is 5.24. The Morgan fingerprint density at radius 2 is 1.25 bits per heavy atom. The summed E-state index contributed by atoms with van der Waals surface area (Å²) in [7, 11) is 0. The van der Waals surface area contributed by atoms with Crippen LogP contribution in [0.25, 0.3) is 55.6 Å². The zero-order valence-electron chi connectivity index (χ0n) is 28.9. The van der Waals surface area contributed by atoms with E-state index in [9.17, 15) is 0 Å². The number of rotatable bonds is 5. The predicted molar refractivity (Wildman–Crippen MR) is 217 cm³/mol. The van der Waals surface area contributed by atoms with Crippen molar-refractivity contribution in [2.75, 3.05) is 0 Å². The minimum absolute atomic E-state index is 0.178.